The van der Waals surface area contributed by atoms with Crippen LogP contribution in [-0.4, -0.2) is 26.8 Å². The van der Waals surface area contributed by atoms with Crippen molar-refractivity contribution >= 4 is 5.69 Å². The van der Waals surface area contributed by atoms with Gasteiger partial charge in [-0.25, -0.2) is 4.68 Å². The second-order valence-electron chi connectivity index (χ2n) is 5.98. The van der Waals surface area contributed by atoms with Crippen LogP contribution in [0.25, 0.3) is 11.4 Å². The molecule has 0 unspecified atom stereocenters. The first-order valence-electron chi connectivity index (χ1n) is 7.41. The summed E-state index contributed by atoms with van der Waals surface area (Å²) in [4.78, 5) is 0. The number of aromatic nitrogens is 4. The quantitative estimate of drug-likeness (QED) is 0.855. The minimum absolute atomic E-state index is 0.291. The Morgan fingerprint density at radius 2 is 2.19 bits per heavy atom. The number of ether oxygens (including phenoxy) is 1. The summed E-state index contributed by atoms with van der Waals surface area (Å²) in [6.45, 7) is 5.62. The molecule has 1 saturated carbocycles. The number of nitrogens with two attached hydrogens (primary N) is 1. The van der Waals surface area contributed by atoms with Crippen molar-refractivity contribution in [2.45, 2.75) is 39.7 Å². The van der Waals surface area contributed by atoms with Gasteiger partial charge >= 0.3 is 0 Å². The Morgan fingerprint density at radius 1 is 1.38 bits per heavy atom. The van der Waals surface area contributed by atoms with E-state index in [1.54, 1.807) is 0 Å². The smallest absolute Gasteiger partial charge is 0.187 e. The van der Waals surface area contributed by atoms with Crippen LogP contribution in [0, 0.1) is 5.41 Å². The van der Waals surface area contributed by atoms with Crippen LogP contribution < -0.4 is 10.5 Å². The van der Waals surface area contributed by atoms with E-state index in [0.717, 1.165) is 17.9 Å². The predicted octanol–water partition coefficient (Wildman–Crippen LogP) is 2.51. The van der Waals surface area contributed by atoms with Crippen molar-refractivity contribution in [1.82, 2.24) is 20.2 Å². The third-order valence-corrected chi connectivity index (χ3v) is 4.21. The monoisotopic (exact) mass is 287 g/mol. The second-order valence-corrected chi connectivity index (χ2v) is 5.98. The van der Waals surface area contributed by atoms with E-state index in [0.29, 0.717) is 23.5 Å². The summed E-state index contributed by atoms with van der Waals surface area (Å²) in [7, 11) is 0. The van der Waals surface area contributed by atoms with E-state index in [4.69, 9.17) is 10.5 Å². The highest BCUT2D eigenvalue weighted by atomic mass is 16.5. The number of hydrogen-bond acceptors (Lipinski definition) is 5. The second kappa shape index (κ2) is 5.35. The topological polar surface area (TPSA) is 78.8 Å². The van der Waals surface area contributed by atoms with Crippen molar-refractivity contribution in [2.75, 3.05) is 12.3 Å². The number of hydrogen-bond donors (Lipinski definition) is 1. The predicted molar refractivity (Wildman–Crippen MR) is 80.8 cm³/mol. The Labute approximate surface area is 124 Å². The van der Waals surface area contributed by atoms with Crippen molar-refractivity contribution in [1.29, 1.82) is 0 Å². The Hall–Kier alpha value is -2.11. The van der Waals surface area contributed by atoms with E-state index >= 15 is 0 Å². The molecule has 2 N–H and O–H groups in total. The minimum atomic E-state index is 0.291. The molecular formula is C15H21N5O. The van der Waals surface area contributed by atoms with Crippen LogP contribution in [0.3, 0.4) is 0 Å². The van der Waals surface area contributed by atoms with Gasteiger partial charge in [0.15, 0.2) is 5.82 Å². The molecule has 1 aromatic carbocycles. The molecule has 0 aliphatic heterocycles. The van der Waals surface area contributed by atoms with E-state index in [1.165, 1.54) is 19.3 Å². The van der Waals surface area contributed by atoms with Crippen molar-refractivity contribution < 1.29 is 4.74 Å². The van der Waals surface area contributed by atoms with E-state index in [-0.39, 0.29) is 0 Å². The van der Waals surface area contributed by atoms with Crippen LogP contribution in [0.5, 0.6) is 5.75 Å². The van der Waals surface area contributed by atoms with Gasteiger partial charge < -0.3 is 10.5 Å². The van der Waals surface area contributed by atoms with E-state index < -0.39 is 0 Å². The maximum absolute atomic E-state index is 6.13. The minimum Gasteiger partial charge on any atom is -0.493 e. The van der Waals surface area contributed by atoms with Gasteiger partial charge in [-0.2, -0.15) is 0 Å². The van der Waals surface area contributed by atoms with Gasteiger partial charge in [0.1, 0.15) is 5.75 Å². The average molecular weight is 287 g/mol. The van der Waals surface area contributed by atoms with Gasteiger partial charge in [-0.3, -0.25) is 0 Å². The fourth-order valence-corrected chi connectivity index (χ4v) is 2.85. The lowest BCUT2D eigenvalue weighted by molar-refractivity contribution is 0.126. The molecule has 6 heteroatoms. The molecule has 1 fully saturated rings. The third kappa shape index (κ3) is 2.57. The molecule has 112 valence electrons. The number of benzene rings is 1. The molecule has 1 aliphatic rings. The highest BCUT2D eigenvalue weighted by Gasteiger charge is 2.33. The van der Waals surface area contributed by atoms with Gasteiger partial charge in [0.25, 0.3) is 0 Å². The number of tetrazole rings is 1. The number of rotatable bonds is 5. The van der Waals surface area contributed by atoms with Crippen LogP contribution in [-0.2, 0) is 6.54 Å². The molecule has 3 rings (SSSR count). The lowest BCUT2D eigenvalue weighted by atomic mass is 9.70. The molecule has 0 atom stereocenters. The fourth-order valence-electron chi connectivity index (χ4n) is 2.85. The molecule has 1 aromatic heterocycles. The molecule has 0 amide bonds. The third-order valence-electron chi connectivity index (χ3n) is 4.21. The van der Waals surface area contributed by atoms with Gasteiger partial charge in [0.05, 0.1) is 18.7 Å². The van der Waals surface area contributed by atoms with E-state index in [9.17, 15) is 0 Å². The molecule has 2 aromatic rings. The SMILES string of the molecule is CCOc1cccc(N)c1-c1nnnn1CC1(C)CCC1. The molecule has 6 nitrogen and oxygen atoms in total. The van der Waals surface area contributed by atoms with Crippen LogP contribution in [0.2, 0.25) is 0 Å². The molecular weight excluding hydrogens is 266 g/mol. The van der Waals surface area contributed by atoms with Crippen molar-refractivity contribution in [3.05, 3.63) is 18.2 Å². The first-order valence-corrected chi connectivity index (χ1v) is 7.41. The van der Waals surface area contributed by atoms with E-state index in [2.05, 4.69) is 22.4 Å². The van der Waals surface area contributed by atoms with Crippen molar-refractivity contribution in [2.24, 2.45) is 5.41 Å². The number of anilines is 1. The summed E-state index contributed by atoms with van der Waals surface area (Å²) in [5.41, 5.74) is 7.84. The van der Waals surface area contributed by atoms with Gasteiger partial charge in [-0.15, -0.1) is 5.10 Å². The highest BCUT2D eigenvalue weighted by Crippen LogP contribution is 2.42. The van der Waals surface area contributed by atoms with Crippen LogP contribution >= 0.6 is 0 Å². The molecule has 0 saturated heterocycles. The van der Waals surface area contributed by atoms with Gasteiger partial charge in [-0.1, -0.05) is 19.4 Å². The maximum Gasteiger partial charge on any atom is 0.187 e. The Kier molecular flexibility index (Phi) is 3.53. The van der Waals surface area contributed by atoms with Crippen LogP contribution in [0.15, 0.2) is 18.2 Å². The molecule has 1 aliphatic carbocycles. The number of nitrogen functional groups attached to an aromatic ring is 1. The molecule has 0 bridgehead atoms. The molecule has 0 spiro atoms. The van der Waals surface area contributed by atoms with Gasteiger partial charge in [0, 0.05) is 5.69 Å². The summed E-state index contributed by atoms with van der Waals surface area (Å²) in [6, 6.07) is 5.63. The molecule has 0 radical (unpaired) electrons. The van der Waals surface area contributed by atoms with Gasteiger partial charge in [0.2, 0.25) is 0 Å². The zero-order valence-corrected chi connectivity index (χ0v) is 12.5. The lowest BCUT2D eigenvalue weighted by Gasteiger charge is -2.38. The van der Waals surface area contributed by atoms with Crippen molar-refractivity contribution in [3.63, 3.8) is 0 Å². The van der Waals surface area contributed by atoms with Gasteiger partial charge in [-0.05, 0) is 47.7 Å². The Morgan fingerprint density at radius 3 is 2.86 bits per heavy atom. The number of nitrogens with zero attached hydrogens (tertiary/aromatic N) is 4. The summed E-state index contributed by atoms with van der Waals surface area (Å²) < 4.78 is 7.53. The Bertz CT molecular complexity index is 633. The standard InChI is InChI=1S/C15H21N5O/c1-3-21-12-7-4-6-11(16)13(12)14-17-18-19-20(14)10-15(2)8-5-9-15/h4,6-7H,3,5,8-10,16H2,1-2H3. The summed E-state index contributed by atoms with van der Waals surface area (Å²) in [6.07, 6.45) is 3.72. The molecule has 21 heavy (non-hydrogen) atoms. The van der Waals surface area contributed by atoms with E-state index in [1.807, 2.05) is 29.8 Å². The highest BCUT2D eigenvalue weighted by molar-refractivity contribution is 5.77. The zero-order valence-electron chi connectivity index (χ0n) is 12.5. The largest absolute Gasteiger partial charge is 0.493 e. The first kappa shape index (κ1) is 13.9. The molecule has 1 heterocycles. The zero-order chi connectivity index (χ0) is 14.9. The first-order chi connectivity index (χ1) is 10.1. The van der Waals surface area contributed by atoms with Crippen LogP contribution in [0.1, 0.15) is 33.1 Å². The summed E-state index contributed by atoms with van der Waals surface area (Å²) >= 11 is 0. The average Bonchev–Trinajstić information content (AvgIpc) is 2.85. The normalized spacial score (nSPS) is 16.5. The van der Waals surface area contributed by atoms with Crippen LogP contribution in [0.4, 0.5) is 5.69 Å². The maximum atomic E-state index is 6.13. The lowest BCUT2D eigenvalue weighted by Crippen LogP contribution is -2.31. The Balaban J connectivity index is 1.99. The van der Waals surface area contributed by atoms with Crippen molar-refractivity contribution in [3.8, 4) is 17.1 Å². The summed E-state index contributed by atoms with van der Waals surface area (Å²) in [5, 5.41) is 12.2. The fraction of sp³-hybridized carbons (Fsp3) is 0.533. The summed E-state index contributed by atoms with van der Waals surface area (Å²) in [5.74, 6) is 1.41.